The van der Waals surface area contributed by atoms with Gasteiger partial charge in [-0.15, -0.1) is 0 Å². The van der Waals surface area contributed by atoms with Crippen molar-refractivity contribution in [3.05, 3.63) is 0 Å². The first-order valence-electron chi connectivity index (χ1n) is 3.71. The summed E-state index contributed by atoms with van der Waals surface area (Å²) in [4.78, 5) is 0. The monoisotopic (exact) mass is 164 g/mol. The number of hydrogen-bond donors (Lipinski definition) is 3. The Morgan fingerprint density at radius 2 is 2.00 bits per heavy atom. The number of ether oxygens (including phenoxy) is 1. The molecule has 0 heterocycles. The fourth-order valence-corrected chi connectivity index (χ4v) is 0.565. The van der Waals surface area contributed by atoms with E-state index >= 15 is 0 Å². The van der Waals surface area contributed by atoms with E-state index in [-0.39, 0.29) is 13.2 Å². The van der Waals surface area contributed by atoms with Crippen LogP contribution in [-0.4, -0.2) is 47.3 Å². The highest BCUT2D eigenvalue weighted by molar-refractivity contribution is 4.51. The molecule has 0 rings (SSSR count). The summed E-state index contributed by atoms with van der Waals surface area (Å²) in [5, 5.41) is 26.0. The Bertz CT molecular complexity index is 84.5. The van der Waals surface area contributed by atoms with Crippen LogP contribution in [0.15, 0.2) is 0 Å². The van der Waals surface area contributed by atoms with Gasteiger partial charge in [0.05, 0.1) is 25.4 Å². The lowest BCUT2D eigenvalue weighted by Crippen LogP contribution is -2.17. The van der Waals surface area contributed by atoms with E-state index in [1.54, 1.807) is 6.92 Å². The van der Waals surface area contributed by atoms with Crippen molar-refractivity contribution in [1.29, 1.82) is 0 Å². The summed E-state index contributed by atoms with van der Waals surface area (Å²) >= 11 is 0. The predicted molar refractivity (Wildman–Crippen MR) is 40.2 cm³/mol. The molecule has 0 aromatic heterocycles. The molecule has 0 bridgehead atoms. The highest BCUT2D eigenvalue weighted by Crippen LogP contribution is 1.91. The minimum atomic E-state index is -0.705. The maximum atomic E-state index is 8.83. The average molecular weight is 164 g/mol. The second kappa shape index (κ2) is 6.54. The molecular weight excluding hydrogens is 148 g/mol. The molecule has 4 heteroatoms. The van der Waals surface area contributed by atoms with E-state index in [0.717, 1.165) is 0 Å². The van der Waals surface area contributed by atoms with Crippen LogP contribution in [0, 0.1) is 0 Å². The van der Waals surface area contributed by atoms with Gasteiger partial charge in [-0.05, 0) is 13.3 Å². The largest absolute Gasteiger partial charge is 0.394 e. The normalized spacial score (nSPS) is 16.4. The molecule has 0 aromatic carbocycles. The van der Waals surface area contributed by atoms with E-state index in [9.17, 15) is 0 Å². The van der Waals surface area contributed by atoms with Crippen molar-refractivity contribution in [1.82, 2.24) is 0 Å². The molecule has 11 heavy (non-hydrogen) atoms. The van der Waals surface area contributed by atoms with Gasteiger partial charge in [-0.1, -0.05) is 0 Å². The molecule has 4 nitrogen and oxygen atoms in total. The van der Waals surface area contributed by atoms with E-state index in [1.165, 1.54) is 0 Å². The highest BCUT2D eigenvalue weighted by Gasteiger charge is 2.01. The molecule has 68 valence electrons. The van der Waals surface area contributed by atoms with Gasteiger partial charge in [0.1, 0.15) is 0 Å². The molecule has 2 unspecified atom stereocenters. The van der Waals surface area contributed by atoms with Gasteiger partial charge < -0.3 is 20.1 Å². The number of hydrogen-bond acceptors (Lipinski definition) is 4. The van der Waals surface area contributed by atoms with Crippen molar-refractivity contribution in [2.75, 3.05) is 19.8 Å². The van der Waals surface area contributed by atoms with Crippen LogP contribution in [0.2, 0.25) is 0 Å². The van der Waals surface area contributed by atoms with E-state index in [2.05, 4.69) is 0 Å². The first-order valence-corrected chi connectivity index (χ1v) is 3.71. The van der Waals surface area contributed by atoms with Crippen molar-refractivity contribution in [2.45, 2.75) is 25.6 Å². The van der Waals surface area contributed by atoms with Gasteiger partial charge in [-0.2, -0.15) is 0 Å². The first kappa shape index (κ1) is 10.8. The zero-order valence-corrected chi connectivity index (χ0v) is 6.73. The van der Waals surface area contributed by atoms with E-state index in [4.69, 9.17) is 20.1 Å². The quantitative estimate of drug-likeness (QED) is 0.446. The van der Waals surface area contributed by atoms with E-state index < -0.39 is 12.2 Å². The first-order chi connectivity index (χ1) is 5.16. The summed E-state index contributed by atoms with van der Waals surface area (Å²) in [7, 11) is 0. The van der Waals surface area contributed by atoms with Crippen LogP contribution in [0.1, 0.15) is 13.3 Å². The zero-order chi connectivity index (χ0) is 8.69. The molecular formula is C7H16O4. The molecule has 0 aliphatic rings. The molecule has 2 atom stereocenters. The molecule has 0 radical (unpaired) electrons. The van der Waals surface area contributed by atoms with Crippen molar-refractivity contribution >= 4 is 0 Å². The van der Waals surface area contributed by atoms with Gasteiger partial charge in [0.2, 0.25) is 0 Å². The SMILES string of the molecule is CC(O)COCCC(O)CO. The molecule has 0 aliphatic carbocycles. The molecule has 0 aromatic rings. The summed E-state index contributed by atoms with van der Waals surface area (Å²) in [5.74, 6) is 0. The highest BCUT2D eigenvalue weighted by atomic mass is 16.5. The lowest BCUT2D eigenvalue weighted by atomic mass is 10.3. The van der Waals surface area contributed by atoms with Crippen LogP contribution in [0.3, 0.4) is 0 Å². The Morgan fingerprint density at radius 1 is 1.36 bits per heavy atom. The van der Waals surface area contributed by atoms with Gasteiger partial charge in [0, 0.05) is 6.61 Å². The van der Waals surface area contributed by atoms with Gasteiger partial charge in [0.15, 0.2) is 0 Å². The smallest absolute Gasteiger partial charge is 0.0792 e. The summed E-state index contributed by atoms with van der Waals surface area (Å²) in [6.07, 6.45) is -0.770. The Kier molecular flexibility index (Phi) is 6.45. The Labute approximate surface area is 66.4 Å². The Morgan fingerprint density at radius 3 is 2.45 bits per heavy atom. The molecule has 0 saturated heterocycles. The lowest BCUT2D eigenvalue weighted by Gasteiger charge is -2.08. The van der Waals surface area contributed by atoms with Gasteiger partial charge in [-0.3, -0.25) is 0 Å². The van der Waals surface area contributed by atoms with Crippen molar-refractivity contribution in [2.24, 2.45) is 0 Å². The Hall–Kier alpha value is -0.160. The third-order valence-corrected chi connectivity index (χ3v) is 1.17. The zero-order valence-electron chi connectivity index (χ0n) is 6.73. The molecule has 0 amide bonds. The molecule has 0 fully saturated rings. The third kappa shape index (κ3) is 7.74. The maximum absolute atomic E-state index is 8.83. The van der Waals surface area contributed by atoms with Crippen LogP contribution in [0.25, 0.3) is 0 Å². The fourth-order valence-electron chi connectivity index (χ4n) is 0.565. The van der Waals surface area contributed by atoms with Crippen LogP contribution < -0.4 is 0 Å². The summed E-state index contributed by atoms with van der Waals surface area (Å²) < 4.78 is 4.95. The second-order valence-electron chi connectivity index (χ2n) is 2.55. The predicted octanol–water partition coefficient (Wildman–Crippen LogP) is -0.873. The second-order valence-corrected chi connectivity index (χ2v) is 2.55. The minimum absolute atomic E-state index is 0.238. The van der Waals surface area contributed by atoms with Crippen LogP contribution in [0.5, 0.6) is 0 Å². The average Bonchev–Trinajstić information content (AvgIpc) is 1.97. The molecule has 0 aliphatic heterocycles. The molecule has 0 spiro atoms. The number of rotatable bonds is 6. The van der Waals surface area contributed by atoms with Gasteiger partial charge in [0.25, 0.3) is 0 Å². The third-order valence-electron chi connectivity index (χ3n) is 1.17. The van der Waals surface area contributed by atoms with Crippen molar-refractivity contribution in [3.63, 3.8) is 0 Å². The molecule has 0 saturated carbocycles. The van der Waals surface area contributed by atoms with Crippen molar-refractivity contribution < 1.29 is 20.1 Å². The van der Waals surface area contributed by atoms with Crippen molar-refractivity contribution in [3.8, 4) is 0 Å². The fraction of sp³-hybridized carbons (Fsp3) is 1.00. The summed E-state index contributed by atoms with van der Waals surface area (Å²) in [6, 6.07) is 0. The van der Waals surface area contributed by atoms with Crippen LogP contribution in [-0.2, 0) is 4.74 Å². The van der Waals surface area contributed by atoms with Gasteiger partial charge >= 0.3 is 0 Å². The van der Waals surface area contributed by atoms with Gasteiger partial charge in [-0.25, -0.2) is 0 Å². The molecule has 3 N–H and O–H groups in total. The Balaban J connectivity index is 3.01. The van der Waals surface area contributed by atoms with E-state index in [1.807, 2.05) is 0 Å². The number of aliphatic hydroxyl groups is 3. The minimum Gasteiger partial charge on any atom is -0.394 e. The summed E-state index contributed by atoms with van der Waals surface area (Å²) in [5.41, 5.74) is 0. The van der Waals surface area contributed by atoms with Crippen LogP contribution in [0.4, 0.5) is 0 Å². The number of aliphatic hydroxyl groups excluding tert-OH is 3. The summed E-state index contributed by atoms with van der Waals surface area (Å²) in [6.45, 7) is 2.03. The standard InChI is InChI=1S/C7H16O4/c1-6(9)5-11-3-2-7(10)4-8/h6-10H,2-5H2,1H3. The topological polar surface area (TPSA) is 69.9 Å². The lowest BCUT2D eigenvalue weighted by molar-refractivity contribution is 0.0166. The van der Waals surface area contributed by atoms with E-state index in [0.29, 0.717) is 13.0 Å². The maximum Gasteiger partial charge on any atom is 0.0792 e. The van der Waals surface area contributed by atoms with Crippen LogP contribution >= 0.6 is 0 Å².